The maximum Gasteiger partial charge on any atom is 0.352 e. The van der Waals surface area contributed by atoms with Gasteiger partial charge in [-0.05, 0) is 12.1 Å². The largest absolute Gasteiger partial charge is 0.493 e. The Morgan fingerprint density at radius 2 is 2.17 bits per heavy atom. The number of carboxylic acids is 1. The molecule has 0 aliphatic heterocycles. The molecule has 0 fully saturated rings. The number of hydrogen-bond acceptors (Lipinski definition) is 3. The van der Waals surface area contributed by atoms with Gasteiger partial charge in [0.25, 0.3) is 0 Å². The molecule has 1 heterocycles. The highest BCUT2D eigenvalue weighted by atomic mass is 35.5. The Hall–Kier alpha value is -1.88. The van der Waals surface area contributed by atoms with Crippen LogP contribution in [0.25, 0.3) is 10.9 Å². The summed E-state index contributed by atoms with van der Waals surface area (Å²) in [7, 11) is 1.52. The molecule has 18 heavy (non-hydrogen) atoms. The molecular weight excluding hydrogens is 258 g/mol. The van der Waals surface area contributed by atoms with Crippen LogP contribution >= 0.6 is 11.6 Å². The Morgan fingerprint density at radius 3 is 2.78 bits per heavy atom. The summed E-state index contributed by atoms with van der Waals surface area (Å²) in [5.74, 6) is 0.440. The fourth-order valence-electron chi connectivity index (χ4n) is 1.68. The SMILES string of the molecule is COc1cc2[nH]c(C(=O)O)cc2cc1OCCCl. The number of fused-ring (bicyclic) bond motifs is 1. The zero-order chi connectivity index (χ0) is 13.1. The number of carboxylic acid groups (broad SMARTS) is 1. The molecule has 0 aliphatic carbocycles. The number of rotatable bonds is 5. The fourth-order valence-corrected chi connectivity index (χ4v) is 1.75. The first kappa shape index (κ1) is 12.6. The minimum absolute atomic E-state index is 0.126. The molecule has 0 radical (unpaired) electrons. The molecule has 0 amide bonds. The van der Waals surface area contributed by atoms with Gasteiger partial charge in [-0.25, -0.2) is 4.79 Å². The third kappa shape index (κ3) is 2.36. The van der Waals surface area contributed by atoms with E-state index in [0.717, 1.165) is 5.39 Å². The lowest BCUT2D eigenvalue weighted by molar-refractivity contribution is 0.0691. The van der Waals surface area contributed by atoms with E-state index >= 15 is 0 Å². The first-order valence-electron chi connectivity index (χ1n) is 5.28. The van der Waals surface area contributed by atoms with E-state index in [0.29, 0.717) is 29.5 Å². The van der Waals surface area contributed by atoms with Crippen LogP contribution in [0.3, 0.4) is 0 Å². The third-order valence-electron chi connectivity index (χ3n) is 2.47. The van der Waals surface area contributed by atoms with Gasteiger partial charge in [-0.1, -0.05) is 0 Å². The number of nitrogens with one attached hydrogen (secondary N) is 1. The molecule has 6 heteroatoms. The van der Waals surface area contributed by atoms with Crippen LogP contribution in [-0.2, 0) is 0 Å². The summed E-state index contributed by atoms with van der Waals surface area (Å²) in [6.07, 6.45) is 0. The summed E-state index contributed by atoms with van der Waals surface area (Å²) < 4.78 is 10.6. The van der Waals surface area contributed by atoms with Gasteiger partial charge in [-0.3, -0.25) is 0 Å². The zero-order valence-electron chi connectivity index (χ0n) is 9.70. The second-order valence-corrected chi connectivity index (χ2v) is 3.99. The third-order valence-corrected chi connectivity index (χ3v) is 2.62. The van der Waals surface area contributed by atoms with Crippen LogP contribution in [0.5, 0.6) is 11.5 Å². The highest BCUT2D eigenvalue weighted by Gasteiger charge is 2.12. The summed E-state index contributed by atoms with van der Waals surface area (Å²) in [4.78, 5) is 13.7. The summed E-state index contributed by atoms with van der Waals surface area (Å²) >= 11 is 5.56. The normalized spacial score (nSPS) is 10.6. The van der Waals surface area contributed by atoms with E-state index in [1.165, 1.54) is 7.11 Å². The number of aromatic carboxylic acids is 1. The van der Waals surface area contributed by atoms with E-state index in [1.807, 2.05) is 0 Å². The van der Waals surface area contributed by atoms with E-state index in [1.54, 1.807) is 18.2 Å². The van der Waals surface area contributed by atoms with Crippen LogP contribution in [0.4, 0.5) is 0 Å². The van der Waals surface area contributed by atoms with Crippen molar-refractivity contribution in [2.45, 2.75) is 0 Å². The molecule has 0 bridgehead atoms. The molecule has 2 N–H and O–H groups in total. The number of carbonyl (C=O) groups is 1. The average molecular weight is 270 g/mol. The van der Waals surface area contributed by atoms with E-state index in [9.17, 15) is 4.79 Å². The van der Waals surface area contributed by atoms with Crippen LogP contribution < -0.4 is 9.47 Å². The fraction of sp³-hybridized carbons (Fsp3) is 0.250. The van der Waals surface area contributed by atoms with Crippen molar-refractivity contribution in [2.24, 2.45) is 0 Å². The predicted octanol–water partition coefficient (Wildman–Crippen LogP) is 2.49. The van der Waals surface area contributed by atoms with Crippen molar-refractivity contribution >= 4 is 28.5 Å². The van der Waals surface area contributed by atoms with Crippen LogP contribution in [0.2, 0.25) is 0 Å². The molecule has 96 valence electrons. The monoisotopic (exact) mass is 269 g/mol. The van der Waals surface area contributed by atoms with Crippen molar-refractivity contribution < 1.29 is 19.4 Å². The Labute approximate surface area is 108 Å². The molecule has 1 aromatic heterocycles. The highest BCUT2D eigenvalue weighted by molar-refractivity contribution is 6.18. The van der Waals surface area contributed by atoms with Gasteiger partial charge in [0.05, 0.1) is 18.5 Å². The van der Waals surface area contributed by atoms with Gasteiger partial charge in [0, 0.05) is 11.5 Å². The first-order chi connectivity index (χ1) is 8.65. The summed E-state index contributed by atoms with van der Waals surface area (Å²) in [6, 6.07) is 4.97. The minimum Gasteiger partial charge on any atom is -0.493 e. The quantitative estimate of drug-likeness (QED) is 0.818. The molecule has 0 spiro atoms. The first-order valence-corrected chi connectivity index (χ1v) is 5.82. The molecule has 5 nitrogen and oxygen atoms in total. The highest BCUT2D eigenvalue weighted by Crippen LogP contribution is 2.32. The Kier molecular flexibility index (Phi) is 3.62. The van der Waals surface area contributed by atoms with Gasteiger partial charge in [-0.15, -0.1) is 11.6 Å². The molecular formula is C12H12ClNO4. The molecule has 0 unspecified atom stereocenters. The van der Waals surface area contributed by atoms with Crippen molar-refractivity contribution in [3.63, 3.8) is 0 Å². The van der Waals surface area contributed by atoms with Gasteiger partial charge in [-0.2, -0.15) is 0 Å². The van der Waals surface area contributed by atoms with Crippen molar-refractivity contribution in [3.05, 3.63) is 23.9 Å². The van der Waals surface area contributed by atoms with Crippen LogP contribution in [0.1, 0.15) is 10.5 Å². The summed E-state index contributed by atoms with van der Waals surface area (Å²) in [5.41, 5.74) is 0.809. The molecule has 2 rings (SSSR count). The number of halogens is 1. The average Bonchev–Trinajstić information content (AvgIpc) is 2.77. The Morgan fingerprint density at radius 1 is 1.39 bits per heavy atom. The lowest BCUT2D eigenvalue weighted by atomic mass is 10.2. The number of methoxy groups -OCH3 is 1. The second-order valence-electron chi connectivity index (χ2n) is 3.62. The number of aromatic nitrogens is 1. The smallest absolute Gasteiger partial charge is 0.352 e. The zero-order valence-corrected chi connectivity index (χ0v) is 10.5. The summed E-state index contributed by atoms with van der Waals surface area (Å²) in [5, 5.41) is 9.66. The van der Waals surface area contributed by atoms with Crippen LogP contribution in [0.15, 0.2) is 18.2 Å². The molecule has 0 atom stereocenters. The molecule has 0 saturated heterocycles. The van der Waals surface area contributed by atoms with Crippen LogP contribution in [-0.4, -0.2) is 35.7 Å². The predicted molar refractivity (Wildman–Crippen MR) is 68.0 cm³/mol. The number of benzene rings is 1. The maximum atomic E-state index is 10.9. The van der Waals surface area contributed by atoms with E-state index in [2.05, 4.69) is 4.98 Å². The number of hydrogen-bond donors (Lipinski definition) is 2. The number of H-pyrrole nitrogens is 1. The van der Waals surface area contributed by atoms with E-state index < -0.39 is 5.97 Å². The minimum atomic E-state index is -1.01. The van der Waals surface area contributed by atoms with E-state index in [-0.39, 0.29) is 5.69 Å². The van der Waals surface area contributed by atoms with E-state index in [4.69, 9.17) is 26.2 Å². The number of aromatic amines is 1. The van der Waals surface area contributed by atoms with Crippen molar-refractivity contribution in [2.75, 3.05) is 19.6 Å². The van der Waals surface area contributed by atoms with Crippen molar-refractivity contribution in [3.8, 4) is 11.5 Å². The molecule has 0 aliphatic rings. The number of ether oxygens (including phenoxy) is 2. The molecule has 1 aromatic carbocycles. The Bertz CT molecular complexity index is 579. The Balaban J connectivity index is 2.47. The van der Waals surface area contributed by atoms with Gasteiger partial charge in [0.15, 0.2) is 11.5 Å². The number of alkyl halides is 1. The van der Waals surface area contributed by atoms with Crippen LogP contribution in [0, 0.1) is 0 Å². The topological polar surface area (TPSA) is 71.6 Å². The lowest BCUT2D eigenvalue weighted by Crippen LogP contribution is -1.99. The van der Waals surface area contributed by atoms with Crippen molar-refractivity contribution in [1.82, 2.24) is 4.98 Å². The van der Waals surface area contributed by atoms with Crippen molar-refractivity contribution in [1.29, 1.82) is 0 Å². The maximum absolute atomic E-state index is 10.9. The molecule has 2 aromatic rings. The van der Waals surface area contributed by atoms with Gasteiger partial charge >= 0.3 is 5.97 Å². The second kappa shape index (κ2) is 5.18. The standard InChI is InChI=1S/C12H12ClNO4/c1-17-10-6-8-7(4-9(14-8)12(15)16)5-11(10)18-3-2-13/h4-6,14H,2-3H2,1H3,(H,15,16). The van der Waals surface area contributed by atoms with Gasteiger partial charge in [0.2, 0.25) is 0 Å². The lowest BCUT2D eigenvalue weighted by Gasteiger charge is -2.09. The summed E-state index contributed by atoms with van der Waals surface area (Å²) in [6.45, 7) is 0.361. The molecule has 0 saturated carbocycles. The van der Waals surface area contributed by atoms with Gasteiger partial charge in [0.1, 0.15) is 12.3 Å². The van der Waals surface area contributed by atoms with Gasteiger partial charge < -0.3 is 19.6 Å².